The van der Waals surface area contributed by atoms with Gasteiger partial charge >= 0.3 is 24.3 Å². The minimum atomic E-state index is -4.28. The Hall–Kier alpha value is -2.00. The lowest BCUT2D eigenvalue weighted by molar-refractivity contribution is -0.156. The molecular weight excluding hydrogens is 346 g/mol. The van der Waals surface area contributed by atoms with Crippen molar-refractivity contribution in [1.82, 2.24) is 0 Å². The van der Waals surface area contributed by atoms with E-state index in [9.17, 15) is 35.9 Å². The molecule has 0 saturated carbocycles. The summed E-state index contributed by atoms with van der Waals surface area (Å²) in [5.74, 6) is -1.98. The predicted octanol–water partition coefficient (Wildman–Crippen LogP) is 4.42. The minimum Gasteiger partial charge on any atom is -0.478 e. The largest absolute Gasteiger partial charge is 0.478 e. The minimum absolute atomic E-state index is 0.0562. The van der Waals surface area contributed by atoms with E-state index >= 15 is 0 Å². The summed E-state index contributed by atoms with van der Waals surface area (Å²) in [6.45, 7) is 5.20. The smallest absolute Gasteiger partial charge is 0.392 e. The average molecular weight is 364 g/mol. The third kappa shape index (κ3) is 18.1. The molecule has 0 aromatic carbocycles. The van der Waals surface area contributed by atoms with Gasteiger partial charge in [0.25, 0.3) is 0 Å². The van der Waals surface area contributed by atoms with Crippen molar-refractivity contribution in [2.45, 2.75) is 45.5 Å². The Morgan fingerprint density at radius 2 is 1.50 bits per heavy atom. The number of rotatable bonds is 6. The van der Waals surface area contributed by atoms with E-state index in [0.29, 0.717) is 0 Å². The third-order valence-corrected chi connectivity index (χ3v) is 2.18. The van der Waals surface area contributed by atoms with Crippen molar-refractivity contribution < 1.29 is 45.8 Å². The highest BCUT2D eigenvalue weighted by molar-refractivity contribution is 5.86. The highest BCUT2D eigenvalue weighted by atomic mass is 19.4. The number of ether oxygens (including phenoxy) is 1. The van der Waals surface area contributed by atoms with Gasteiger partial charge in [-0.1, -0.05) is 12.7 Å². The lowest BCUT2D eigenvalue weighted by Gasteiger charge is -2.06. The highest BCUT2D eigenvalue weighted by Gasteiger charge is 2.27. The zero-order chi connectivity index (χ0) is 19.6. The first kappa shape index (κ1) is 24.3. The summed E-state index contributed by atoms with van der Waals surface area (Å²) < 4.78 is 73.3. The Bertz CT molecular complexity index is 463. The molecule has 0 aromatic heterocycles. The summed E-state index contributed by atoms with van der Waals surface area (Å²) >= 11 is 0. The Labute approximate surface area is 134 Å². The molecule has 0 unspecified atom stereocenters. The van der Waals surface area contributed by atoms with Crippen molar-refractivity contribution in [3.05, 3.63) is 23.8 Å². The molecule has 0 aromatic rings. The number of carbonyl (C=O) groups excluding carboxylic acids is 1. The van der Waals surface area contributed by atoms with Gasteiger partial charge in [-0.05, 0) is 20.3 Å². The summed E-state index contributed by atoms with van der Waals surface area (Å²) in [6.07, 6.45) is -9.80. The molecule has 0 spiro atoms. The van der Waals surface area contributed by atoms with Crippen LogP contribution in [-0.2, 0) is 14.3 Å². The highest BCUT2D eigenvalue weighted by Crippen LogP contribution is 2.21. The summed E-state index contributed by atoms with van der Waals surface area (Å²) in [7, 11) is 0. The molecule has 0 atom stereocenters. The molecule has 0 bridgehead atoms. The van der Waals surface area contributed by atoms with E-state index in [1.807, 2.05) is 0 Å². The Morgan fingerprint density at radius 3 is 1.83 bits per heavy atom. The number of carboxylic acid groups (broad SMARTS) is 1. The molecule has 0 aliphatic heterocycles. The van der Waals surface area contributed by atoms with Crippen molar-refractivity contribution in [2.24, 2.45) is 0 Å². The monoisotopic (exact) mass is 364 g/mol. The SMILES string of the molecule is C=C(C)C(=O)OCCC(F)(F)F.CC(=CCCC(F)(F)F)C(=O)O. The number of esters is 1. The fourth-order valence-electron chi connectivity index (χ4n) is 0.922. The fraction of sp³-hybridized carbons (Fsp3) is 0.571. The van der Waals surface area contributed by atoms with Gasteiger partial charge in [0.2, 0.25) is 0 Å². The molecule has 10 heteroatoms. The molecule has 0 radical (unpaired) electrons. The number of hydrogen-bond donors (Lipinski definition) is 1. The van der Waals surface area contributed by atoms with E-state index in [-0.39, 0.29) is 17.6 Å². The number of carboxylic acids is 1. The normalized spacial score (nSPS) is 12.1. The molecule has 0 aliphatic rings. The van der Waals surface area contributed by atoms with Gasteiger partial charge in [0.15, 0.2) is 0 Å². The molecule has 0 saturated heterocycles. The summed E-state index contributed by atoms with van der Waals surface area (Å²) in [5.41, 5.74) is 0.0384. The van der Waals surface area contributed by atoms with Crippen LogP contribution in [0.15, 0.2) is 23.8 Å². The lowest BCUT2D eigenvalue weighted by Crippen LogP contribution is -2.14. The van der Waals surface area contributed by atoms with Gasteiger partial charge in [0.05, 0.1) is 6.42 Å². The van der Waals surface area contributed by atoms with Crippen molar-refractivity contribution in [3.63, 3.8) is 0 Å². The van der Waals surface area contributed by atoms with Crippen LogP contribution in [0.25, 0.3) is 0 Å². The van der Waals surface area contributed by atoms with Gasteiger partial charge in [-0.2, -0.15) is 26.3 Å². The number of hydrogen-bond acceptors (Lipinski definition) is 3. The van der Waals surface area contributed by atoms with E-state index in [1.54, 1.807) is 0 Å². The molecule has 0 rings (SSSR count). The maximum absolute atomic E-state index is 11.5. The second-order valence-corrected chi connectivity index (χ2v) is 4.63. The van der Waals surface area contributed by atoms with Crippen LogP contribution >= 0.6 is 0 Å². The molecular formula is C14H18F6O4. The van der Waals surface area contributed by atoms with Gasteiger partial charge < -0.3 is 9.84 Å². The first-order valence-electron chi connectivity index (χ1n) is 6.52. The summed E-state index contributed by atoms with van der Waals surface area (Å²) in [4.78, 5) is 20.6. The molecule has 1 N–H and O–H groups in total. The predicted molar refractivity (Wildman–Crippen MR) is 73.1 cm³/mol. The number of aliphatic carboxylic acids is 1. The average Bonchev–Trinajstić information content (AvgIpc) is 2.35. The van der Waals surface area contributed by atoms with Crippen LogP contribution in [0.1, 0.15) is 33.1 Å². The number of alkyl halides is 6. The second kappa shape index (κ2) is 10.7. The molecule has 0 fully saturated rings. The van der Waals surface area contributed by atoms with E-state index in [2.05, 4.69) is 11.3 Å². The van der Waals surface area contributed by atoms with Crippen LogP contribution in [-0.4, -0.2) is 36.0 Å². The van der Waals surface area contributed by atoms with Crippen LogP contribution in [0.4, 0.5) is 26.3 Å². The summed E-state index contributed by atoms with van der Waals surface area (Å²) in [6, 6.07) is 0. The van der Waals surface area contributed by atoms with Crippen molar-refractivity contribution >= 4 is 11.9 Å². The Kier molecular flexibility index (Phi) is 10.8. The van der Waals surface area contributed by atoms with Crippen molar-refractivity contribution in [1.29, 1.82) is 0 Å². The lowest BCUT2D eigenvalue weighted by atomic mass is 10.2. The standard InChI is InChI=1S/2C7H9F3O2/c1-5(2)6(11)12-4-3-7(8,9)10;1-5(6(11)12)3-2-4-7(8,9)10/h1,3-4H2,2H3;3H,2,4H2,1H3,(H,11,12). The van der Waals surface area contributed by atoms with Crippen LogP contribution in [0.5, 0.6) is 0 Å². The van der Waals surface area contributed by atoms with Crippen LogP contribution in [0.3, 0.4) is 0 Å². The number of halogens is 6. The first-order valence-corrected chi connectivity index (χ1v) is 6.52. The zero-order valence-electron chi connectivity index (χ0n) is 13.1. The Balaban J connectivity index is 0. The maximum atomic E-state index is 11.5. The van der Waals surface area contributed by atoms with Crippen LogP contribution in [0, 0.1) is 0 Å². The molecule has 24 heavy (non-hydrogen) atoms. The van der Waals surface area contributed by atoms with Crippen LogP contribution < -0.4 is 0 Å². The third-order valence-electron chi connectivity index (χ3n) is 2.18. The van der Waals surface area contributed by atoms with E-state index < -0.39 is 43.7 Å². The summed E-state index contributed by atoms with van der Waals surface area (Å²) in [5, 5.41) is 8.26. The quantitative estimate of drug-likeness (QED) is 0.431. The van der Waals surface area contributed by atoms with Gasteiger partial charge in [-0.3, -0.25) is 0 Å². The first-order chi connectivity index (χ1) is 10.7. The van der Waals surface area contributed by atoms with Crippen molar-refractivity contribution in [2.75, 3.05) is 6.61 Å². The van der Waals surface area contributed by atoms with E-state index in [0.717, 1.165) is 6.08 Å². The molecule has 140 valence electrons. The fourth-order valence-corrected chi connectivity index (χ4v) is 0.922. The molecule has 0 aliphatic carbocycles. The second-order valence-electron chi connectivity index (χ2n) is 4.63. The van der Waals surface area contributed by atoms with Crippen LogP contribution in [0.2, 0.25) is 0 Å². The Morgan fingerprint density at radius 1 is 1.04 bits per heavy atom. The van der Waals surface area contributed by atoms with Gasteiger partial charge in [0, 0.05) is 17.6 Å². The topological polar surface area (TPSA) is 63.6 Å². The van der Waals surface area contributed by atoms with E-state index in [1.165, 1.54) is 13.8 Å². The molecule has 0 heterocycles. The maximum Gasteiger partial charge on any atom is 0.392 e. The van der Waals surface area contributed by atoms with E-state index in [4.69, 9.17) is 5.11 Å². The van der Waals surface area contributed by atoms with Gasteiger partial charge in [-0.15, -0.1) is 0 Å². The molecule has 4 nitrogen and oxygen atoms in total. The number of allylic oxidation sites excluding steroid dienone is 1. The van der Waals surface area contributed by atoms with Gasteiger partial charge in [-0.25, -0.2) is 9.59 Å². The van der Waals surface area contributed by atoms with Crippen molar-refractivity contribution in [3.8, 4) is 0 Å². The van der Waals surface area contributed by atoms with Gasteiger partial charge in [0.1, 0.15) is 6.61 Å². The number of carbonyl (C=O) groups is 2. The molecule has 0 amide bonds. The zero-order valence-corrected chi connectivity index (χ0v) is 13.1.